The maximum Gasteiger partial charge on any atom is 0.249 e. The number of allylic oxidation sites excluding steroid dienone is 3. The van der Waals surface area contributed by atoms with E-state index in [1.807, 2.05) is 36.4 Å². The van der Waals surface area contributed by atoms with Crippen molar-refractivity contribution in [3.63, 3.8) is 0 Å². The SMILES string of the molecule is C=C(/C=C\C=C(/C)c1ncco1)[C@H](Nc1cc(Cl)c2ncc(C#N)c(Nc3cnc(F)c(F)c3)c2c1)C1=CN(C2CC2)NN1. The Kier molecular flexibility index (Phi) is 7.97. The number of rotatable bonds is 10. The van der Waals surface area contributed by atoms with Crippen molar-refractivity contribution in [2.24, 2.45) is 0 Å². The second-order valence-corrected chi connectivity index (χ2v) is 10.7. The van der Waals surface area contributed by atoms with Crippen LogP contribution in [0.4, 0.5) is 25.8 Å². The minimum Gasteiger partial charge on any atom is -0.445 e. The van der Waals surface area contributed by atoms with Crippen LogP contribution in [0.1, 0.15) is 31.2 Å². The largest absolute Gasteiger partial charge is 0.445 e. The first-order valence-electron chi connectivity index (χ1n) is 13.6. The molecule has 1 aromatic carbocycles. The monoisotopic (exact) mass is 613 g/mol. The van der Waals surface area contributed by atoms with Gasteiger partial charge in [0.15, 0.2) is 5.82 Å². The number of oxazole rings is 1. The Balaban J connectivity index is 1.35. The van der Waals surface area contributed by atoms with Crippen LogP contribution in [0, 0.1) is 23.1 Å². The Morgan fingerprint density at radius 2 is 2.07 bits per heavy atom. The molecular formula is C31H26ClF2N9O. The molecule has 0 amide bonds. The molecule has 1 aliphatic heterocycles. The van der Waals surface area contributed by atoms with Crippen LogP contribution in [0.15, 0.2) is 89.7 Å². The van der Waals surface area contributed by atoms with E-state index in [1.165, 1.54) is 12.5 Å². The molecule has 0 unspecified atom stereocenters. The van der Waals surface area contributed by atoms with Crippen molar-refractivity contribution in [3.8, 4) is 6.07 Å². The molecular weight excluding hydrogens is 588 g/mol. The van der Waals surface area contributed by atoms with Crippen LogP contribution in [-0.2, 0) is 0 Å². The summed E-state index contributed by atoms with van der Waals surface area (Å²) in [6.07, 6.45) is 15.4. The molecule has 1 aliphatic carbocycles. The second kappa shape index (κ2) is 12.2. The van der Waals surface area contributed by atoms with Gasteiger partial charge in [0, 0.05) is 41.2 Å². The molecule has 3 aromatic heterocycles. The lowest BCUT2D eigenvalue weighted by Gasteiger charge is -2.22. The van der Waals surface area contributed by atoms with Crippen LogP contribution >= 0.6 is 11.6 Å². The zero-order valence-electron chi connectivity index (χ0n) is 23.4. The van der Waals surface area contributed by atoms with E-state index in [4.69, 9.17) is 16.0 Å². The molecule has 4 heterocycles. The summed E-state index contributed by atoms with van der Waals surface area (Å²) < 4.78 is 32.8. The highest BCUT2D eigenvalue weighted by atomic mass is 35.5. The van der Waals surface area contributed by atoms with Crippen LogP contribution in [0.2, 0.25) is 5.02 Å². The molecule has 4 N–H and O–H groups in total. The normalized spacial score (nSPS) is 15.7. The number of aromatic nitrogens is 3. The van der Waals surface area contributed by atoms with Gasteiger partial charge in [0.2, 0.25) is 11.8 Å². The average Bonchev–Trinajstić information content (AvgIpc) is 3.48. The molecule has 6 rings (SSSR count). The maximum absolute atomic E-state index is 13.9. The maximum atomic E-state index is 13.9. The smallest absolute Gasteiger partial charge is 0.249 e. The highest BCUT2D eigenvalue weighted by Crippen LogP contribution is 2.36. The summed E-state index contributed by atoms with van der Waals surface area (Å²) in [5, 5.41) is 19.1. The van der Waals surface area contributed by atoms with E-state index in [1.54, 1.807) is 18.3 Å². The number of benzene rings is 1. The van der Waals surface area contributed by atoms with Gasteiger partial charge in [-0.1, -0.05) is 36.4 Å². The van der Waals surface area contributed by atoms with Crippen LogP contribution in [0.3, 0.4) is 0 Å². The van der Waals surface area contributed by atoms with Crippen LogP contribution in [0.5, 0.6) is 0 Å². The zero-order chi connectivity index (χ0) is 30.8. The van der Waals surface area contributed by atoms with E-state index in [0.29, 0.717) is 39.2 Å². The molecule has 13 heteroatoms. The summed E-state index contributed by atoms with van der Waals surface area (Å²) in [6.45, 7) is 6.22. The van der Waals surface area contributed by atoms with Gasteiger partial charge in [-0.05, 0) is 37.5 Å². The fourth-order valence-corrected chi connectivity index (χ4v) is 4.94. The number of nitrogens with one attached hydrogen (secondary N) is 4. The summed E-state index contributed by atoms with van der Waals surface area (Å²) in [6, 6.07) is 6.55. The lowest BCUT2D eigenvalue weighted by atomic mass is 10.0. The number of hydrazine groups is 2. The van der Waals surface area contributed by atoms with Crippen LogP contribution < -0.4 is 21.6 Å². The average molecular weight is 614 g/mol. The number of anilines is 3. The summed E-state index contributed by atoms with van der Waals surface area (Å²) >= 11 is 6.70. The van der Waals surface area contributed by atoms with Gasteiger partial charge in [-0.15, -0.1) is 5.53 Å². The first-order valence-corrected chi connectivity index (χ1v) is 14.0. The number of fused-ring (bicyclic) bond motifs is 1. The molecule has 1 saturated carbocycles. The number of nitrogens with zero attached hydrogens (tertiary/aromatic N) is 5. The van der Waals surface area contributed by atoms with Crippen LogP contribution in [-0.4, -0.2) is 32.0 Å². The van der Waals surface area contributed by atoms with Crippen molar-refractivity contribution < 1.29 is 13.2 Å². The van der Waals surface area contributed by atoms with E-state index in [2.05, 4.69) is 49.2 Å². The molecule has 0 spiro atoms. The number of hydrogen-bond acceptors (Lipinski definition) is 10. The Hall–Kier alpha value is -5.25. The Labute approximate surface area is 256 Å². The van der Waals surface area contributed by atoms with Gasteiger partial charge in [0.05, 0.1) is 51.6 Å². The van der Waals surface area contributed by atoms with E-state index in [-0.39, 0.29) is 11.3 Å². The molecule has 4 aromatic rings. The molecule has 1 atom stereocenters. The van der Waals surface area contributed by atoms with E-state index >= 15 is 0 Å². The lowest BCUT2D eigenvalue weighted by molar-refractivity contribution is 0.260. The highest BCUT2D eigenvalue weighted by Gasteiger charge is 2.32. The molecule has 2 aliphatic rings. The van der Waals surface area contributed by atoms with E-state index in [9.17, 15) is 14.0 Å². The van der Waals surface area contributed by atoms with Crippen molar-refractivity contribution in [2.75, 3.05) is 10.6 Å². The fraction of sp³-hybridized carbons (Fsp3) is 0.161. The van der Waals surface area contributed by atoms with Gasteiger partial charge >= 0.3 is 0 Å². The minimum absolute atomic E-state index is 0.151. The first kappa shape index (κ1) is 28.9. The predicted molar refractivity (Wildman–Crippen MR) is 164 cm³/mol. The van der Waals surface area contributed by atoms with Gasteiger partial charge in [-0.3, -0.25) is 9.99 Å². The lowest BCUT2D eigenvalue weighted by Crippen LogP contribution is -2.40. The van der Waals surface area contributed by atoms with Gasteiger partial charge < -0.3 is 20.5 Å². The summed E-state index contributed by atoms with van der Waals surface area (Å²) in [5.41, 5.74) is 10.5. The van der Waals surface area contributed by atoms with Gasteiger partial charge in [0.25, 0.3) is 0 Å². The van der Waals surface area contributed by atoms with E-state index in [0.717, 1.165) is 41.9 Å². The molecule has 10 nitrogen and oxygen atoms in total. The quantitative estimate of drug-likeness (QED) is 0.116. The number of halogens is 3. The third-order valence-electron chi connectivity index (χ3n) is 7.08. The van der Waals surface area contributed by atoms with Gasteiger partial charge in [-0.2, -0.15) is 9.65 Å². The van der Waals surface area contributed by atoms with Crippen molar-refractivity contribution in [2.45, 2.75) is 31.8 Å². The molecule has 0 saturated heterocycles. The zero-order valence-corrected chi connectivity index (χ0v) is 24.2. The summed E-state index contributed by atoms with van der Waals surface area (Å²) in [5.74, 6) is -1.82. The highest BCUT2D eigenvalue weighted by molar-refractivity contribution is 6.36. The van der Waals surface area contributed by atoms with Crippen molar-refractivity contribution in [1.29, 1.82) is 5.26 Å². The number of hydrogen-bond donors (Lipinski definition) is 4. The van der Waals surface area contributed by atoms with Crippen molar-refractivity contribution in [1.82, 2.24) is 30.9 Å². The predicted octanol–water partition coefficient (Wildman–Crippen LogP) is 6.49. The van der Waals surface area contributed by atoms with Gasteiger partial charge in [-0.25, -0.2) is 14.4 Å². The molecule has 44 heavy (non-hydrogen) atoms. The van der Waals surface area contributed by atoms with Crippen molar-refractivity contribution >= 4 is 45.1 Å². The Morgan fingerprint density at radius 1 is 1.23 bits per heavy atom. The Morgan fingerprint density at radius 3 is 2.80 bits per heavy atom. The first-order chi connectivity index (χ1) is 21.3. The number of pyridine rings is 2. The van der Waals surface area contributed by atoms with Crippen LogP contribution in [0.25, 0.3) is 16.5 Å². The fourth-order valence-electron chi connectivity index (χ4n) is 4.67. The summed E-state index contributed by atoms with van der Waals surface area (Å²) in [7, 11) is 0. The molecule has 0 bridgehead atoms. The van der Waals surface area contributed by atoms with Gasteiger partial charge in [0.1, 0.15) is 12.3 Å². The summed E-state index contributed by atoms with van der Waals surface area (Å²) in [4.78, 5) is 12.0. The third-order valence-corrected chi connectivity index (χ3v) is 7.37. The minimum atomic E-state index is -1.22. The third kappa shape index (κ3) is 6.10. The van der Waals surface area contributed by atoms with Crippen molar-refractivity contribution in [3.05, 3.63) is 114 Å². The topological polar surface area (TPSA) is 127 Å². The molecule has 0 radical (unpaired) electrons. The second-order valence-electron chi connectivity index (χ2n) is 10.3. The van der Waals surface area contributed by atoms with E-state index < -0.39 is 17.8 Å². The Bertz CT molecular complexity index is 1880. The molecule has 1 fully saturated rings. The molecule has 222 valence electrons. The standard InChI is InChI=1S/C31H26ClF2N9O/c1-17(4-3-5-18(2)31-36-8-9-44-31)27(26-16-43(42-41-26)22-6-7-22)39-20-10-23-28(40-21-12-25(33)30(34)38-15-21)19(13-35)14-37-29(23)24(32)11-20/h3-5,8-12,14-16,22,27,39,41-42H,1,6-7H2,2H3,(H,37,40)/b4-3-,18-5+/t27-/m0/s1. The number of nitriles is 1.